The highest BCUT2D eigenvalue weighted by molar-refractivity contribution is 5.95. The van der Waals surface area contributed by atoms with Crippen LogP contribution in [-0.4, -0.2) is 91.4 Å². The monoisotopic (exact) mass is 768 g/mol. The number of anilines is 1. The molecule has 0 bridgehead atoms. The molecule has 3 atom stereocenters. The van der Waals surface area contributed by atoms with Gasteiger partial charge in [0.25, 0.3) is 5.91 Å². The van der Waals surface area contributed by atoms with Crippen molar-refractivity contribution in [2.45, 2.75) is 85.9 Å². The molecule has 2 aromatic carbocycles. The number of fused-ring (bicyclic) bond motifs is 1. The maximum absolute atomic E-state index is 13.7. The minimum Gasteiger partial charge on any atom is -0.387 e. The van der Waals surface area contributed by atoms with Crippen molar-refractivity contribution in [2.75, 3.05) is 58.8 Å². The normalized spacial score (nSPS) is 15.3. The lowest BCUT2D eigenvalue weighted by atomic mass is 9.84. The number of aldehydes is 1. The summed E-state index contributed by atoms with van der Waals surface area (Å²) in [5.74, 6) is 0.320. The summed E-state index contributed by atoms with van der Waals surface area (Å²) in [5, 5.41) is 24.1. The third-order valence-corrected chi connectivity index (χ3v) is 11.0. The van der Waals surface area contributed by atoms with Crippen LogP contribution in [0.1, 0.15) is 77.3 Å². The van der Waals surface area contributed by atoms with Gasteiger partial charge in [-0.1, -0.05) is 39.8 Å². The van der Waals surface area contributed by atoms with Crippen LogP contribution in [0.4, 0.5) is 5.69 Å². The van der Waals surface area contributed by atoms with Crippen molar-refractivity contribution in [3.63, 3.8) is 0 Å². The number of pyridine rings is 1. The van der Waals surface area contributed by atoms with E-state index in [0.29, 0.717) is 44.9 Å². The number of nitrogens with zero attached hydrogens (tertiary/aromatic N) is 3. The molecule has 1 saturated heterocycles. The van der Waals surface area contributed by atoms with E-state index in [0.717, 1.165) is 83.2 Å². The van der Waals surface area contributed by atoms with Crippen LogP contribution < -0.4 is 21.4 Å². The lowest BCUT2D eigenvalue weighted by molar-refractivity contribution is -0.137. The number of aromatic nitrogens is 2. The first-order valence-corrected chi connectivity index (χ1v) is 20.4. The minimum atomic E-state index is -0.727. The number of aryl methyl sites for hydroxylation is 1. The molecule has 56 heavy (non-hydrogen) atoms. The van der Waals surface area contributed by atoms with E-state index in [1.165, 1.54) is 5.56 Å². The van der Waals surface area contributed by atoms with Gasteiger partial charge >= 0.3 is 0 Å². The number of hydrogen-bond acceptors (Lipinski definition) is 9. The van der Waals surface area contributed by atoms with E-state index in [2.05, 4.69) is 108 Å². The van der Waals surface area contributed by atoms with Crippen molar-refractivity contribution >= 4 is 28.8 Å². The zero-order chi connectivity index (χ0) is 40.4. The van der Waals surface area contributed by atoms with Gasteiger partial charge < -0.3 is 35.2 Å². The van der Waals surface area contributed by atoms with Crippen molar-refractivity contribution in [3.8, 4) is 22.4 Å². The van der Waals surface area contributed by atoms with Gasteiger partial charge in [0, 0.05) is 80.6 Å². The highest BCUT2D eigenvalue weighted by Crippen LogP contribution is 2.41. The van der Waals surface area contributed by atoms with Gasteiger partial charge in [-0.2, -0.15) is 0 Å². The molecule has 1 fully saturated rings. The summed E-state index contributed by atoms with van der Waals surface area (Å²) in [6, 6.07) is 16.9. The number of likely N-dealkylation sites (N-methyl/N-ethyl adjacent to an activating group) is 1. The van der Waals surface area contributed by atoms with Crippen LogP contribution in [-0.2, 0) is 33.7 Å². The van der Waals surface area contributed by atoms with Gasteiger partial charge in [-0.05, 0) is 117 Å². The van der Waals surface area contributed by atoms with Crippen molar-refractivity contribution in [1.82, 2.24) is 30.6 Å². The number of hydrazine groups is 1. The summed E-state index contributed by atoms with van der Waals surface area (Å²) >= 11 is 0. The summed E-state index contributed by atoms with van der Waals surface area (Å²) in [5.41, 5.74) is 12.3. The van der Waals surface area contributed by atoms with Crippen molar-refractivity contribution < 1.29 is 19.4 Å². The average Bonchev–Trinajstić information content (AvgIpc) is 3.49. The number of benzene rings is 2. The zero-order valence-electron chi connectivity index (χ0n) is 34.9. The fourth-order valence-corrected chi connectivity index (χ4v) is 7.99. The van der Waals surface area contributed by atoms with Gasteiger partial charge in [-0.3, -0.25) is 14.8 Å². The van der Waals surface area contributed by atoms with Gasteiger partial charge in [0.15, 0.2) is 0 Å². The summed E-state index contributed by atoms with van der Waals surface area (Å²) in [4.78, 5) is 29.8. The van der Waals surface area contributed by atoms with E-state index >= 15 is 0 Å². The molecular weight excluding hydrogens is 703 g/mol. The van der Waals surface area contributed by atoms with Crippen LogP contribution in [0.2, 0.25) is 0 Å². The second-order valence-corrected chi connectivity index (χ2v) is 16.4. The number of ether oxygens (including phenoxy) is 1. The van der Waals surface area contributed by atoms with Crippen molar-refractivity contribution in [1.29, 1.82) is 0 Å². The van der Waals surface area contributed by atoms with Crippen LogP contribution in [0, 0.1) is 17.3 Å². The highest BCUT2D eigenvalue weighted by Gasteiger charge is 2.29. The summed E-state index contributed by atoms with van der Waals surface area (Å²) in [7, 11) is 3.60. The van der Waals surface area contributed by atoms with Gasteiger partial charge in [-0.25, -0.2) is 5.43 Å². The predicted molar refractivity (Wildman–Crippen MR) is 228 cm³/mol. The van der Waals surface area contributed by atoms with E-state index in [9.17, 15) is 14.7 Å². The molecule has 2 unspecified atom stereocenters. The Morgan fingerprint density at radius 2 is 1.89 bits per heavy atom. The van der Waals surface area contributed by atoms with E-state index in [1.807, 2.05) is 13.1 Å². The van der Waals surface area contributed by atoms with Gasteiger partial charge in [0.2, 0.25) is 0 Å². The van der Waals surface area contributed by atoms with Crippen LogP contribution >= 0.6 is 0 Å². The fraction of sp³-hybridized carbons (Fsp3) is 0.533. The third kappa shape index (κ3) is 10.4. The number of rotatable bonds is 20. The molecule has 1 aliphatic rings. The number of carbonyl (C=O) groups excluding carboxylic acids is 2. The summed E-state index contributed by atoms with van der Waals surface area (Å²) < 4.78 is 8.05. The van der Waals surface area contributed by atoms with Crippen molar-refractivity contribution in [2.24, 2.45) is 17.3 Å². The molecule has 304 valence electrons. The van der Waals surface area contributed by atoms with E-state index in [1.54, 1.807) is 25.2 Å². The Balaban J connectivity index is 1.59. The Kier molecular flexibility index (Phi) is 15.2. The molecule has 5 N–H and O–H groups in total. The molecule has 0 aliphatic carbocycles. The number of amides is 1. The standard InChI is InChI=1S/C45H65N7O4/c1-9-51-41-15-14-33(25-38(41)39(26-45(5,6)29-56-8)43(51)37-13-12-16-49-42(37)31(4)54)34-21-32(23-40(46-7)44(55)52-20-11-10-17-50-52)22-36(24-34)48-19-18-47-27-35(28-53)30(2)3/h12-16,21-22,24-25,28,30-31,35,40,46-48,50,54H,9-11,17-20,23,26-27,29H2,1-8H3/t31?,35-,40?/m1/s1. The smallest absolute Gasteiger partial charge is 0.254 e. The van der Waals surface area contributed by atoms with Crippen LogP contribution in [0.25, 0.3) is 33.3 Å². The molecule has 4 aromatic rings. The van der Waals surface area contributed by atoms with Crippen LogP contribution in [0.15, 0.2) is 54.7 Å². The average molecular weight is 768 g/mol. The Hall–Kier alpha value is -4.13. The maximum Gasteiger partial charge on any atom is 0.254 e. The number of carbonyl (C=O) groups is 2. The number of methoxy groups -OCH3 is 1. The SMILES string of the molecule is CCn1c(-c2cccnc2C(C)O)c(CC(C)(C)COC)c2cc(-c3cc(CC(NC)C(=O)N4CCCCN4)cc(NCCNC[C@H](C=O)C(C)C)c3)ccc21. The first-order valence-electron chi connectivity index (χ1n) is 20.4. The maximum atomic E-state index is 13.7. The van der Waals surface area contributed by atoms with Crippen molar-refractivity contribution in [3.05, 3.63) is 71.5 Å². The Morgan fingerprint density at radius 3 is 2.55 bits per heavy atom. The second kappa shape index (κ2) is 19.8. The van der Waals surface area contributed by atoms with E-state index < -0.39 is 6.10 Å². The predicted octanol–water partition coefficient (Wildman–Crippen LogP) is 6.39. The Bertz CT molecular complexity index is 1910. The first-order chi connectivity index (χ1) is 26.9. The third-order valence-electron chi connectivity index (χ3n) is 11.0. The molecule has 0 spiro atoms. The number of hydrogen-bond donors (Lipinski definition) is 5. The second-order valence-electron chi connectivity index (χ2n) is 16.4. The van der Waals surface area contributed by atoms with Gasteiger partial charge in [-0.15, -0.1) is 0 Å². The molecule has 1 amide bonds. The molecule has 11 heteroatoms. The lowest BCUT2D eigenvalue weighted by Crippen LogP contribution is -2.54. The van der Waals surface area contributed by atoms with E-state index in [-0.39, 0.29) is 29.2 Å². The zero-order valence-corrected chi connectivity index (χ0v) is 34.9. The molecule has 0 saturated carbocycles. The molecule has 0 radical (unpaired) electrons. The van der Waals surface area contributed by atoms with Crippen LogP contribution in [0.5, 0.6) is 0 Å². The van der Waals surface area contributed by atoms with Crippen LogP contribution in [0.3, 0.4) is 0 Å². The molecule has 5 rings (SSSR count). The lowest BCUT2D eigenvalue weighted by Gasteiger charge is -2.31. The van der Waals surface area contributed by atoms with E-state index in [4.69, 9.17) is 4.74 Å². The fourth-order valence-electron chi connectivity index (χ4n) is 7.99. The molecule has 11 nitrogen and oxygen atoms in total. The molecule has 3 heterocycles. The van der Waals surface area contributed by atoms with Gasteiger partial charge in [0.1, 0.15) is 6.29 Å². The highest BCUT2D eigenvalue weighted by atomic mass is 16.5. The molecule has 2 aromatic heterocycles. The minimum absolute atomic E-state index is 0.0184. The quantitative estimate of drug-likeness (QED) is 0.0513. The first kappa shape index (κ1) is 43.0. The number of nitrogens with one attached hydrogen (secondary N) is 4. The van der Waals surface area contributed by atoms with Gasteiger partial charge in [0.05, 0.1) is 30.1 Å². The number of aliphatic hydroxyl groups excluding tert-OH is 1. The molecule has 1 aliphatic heterocycles. The summed E-state index contributed by atoms with van der Waals surface area (Å²) in [6.45, 7) is 17.4. The largest absolute Gasteiger partial charge is 0.387 e. The Morgan fingerprint density at radius 1 is 1.09 bits per heavy atom. The summed E-state index contributed by atoms with van der Waals surface area (Å²) in [6.07, 6.45) is 5.41. The topological polar surface area (TPSA) is 133 Å². The number of aliphatic hydroxyl groups is 1. The Labute approximate surface area is 334 Å². The molecular formula is C45H65N7O4.